The van der Waals surface area contributed by atoms with Crippen LogP contribution in [0, 0.1) is 10.8 Å². The summed E-state index contributed by atoms with van der Waals surface area (Å²) < 4.78 is 5.36. The van der Waals surface area contributed by atoms with Crippen molar-refractivity contribution in [3.63, 3.8) is 0 Å². The minimum Gasteiger partial charge on any atom is -0.481 e. The van der Waals surface area contributed by atoms with Crippen LogP contribution in [0.4, 0.5) is 4.79 Å². The molecule has 1 unspecified atom stereocenters. The lowest BCUT2D eigenvalue weighted by Gasteiger charge is -2.59. The molecule has 2 rings (SSSR count). The van der Waals surface area contributed by atoms with E-state index in [1.54, 1.807) is 20.8 Å². The Kier molecular flexibility index (Phi) is 4.21. The van der Waals surface area contributed by atoms with Crippen LogP contribution in [0.1, 0.15) is 60.3 Å². The number of hydrogen-bond donors (Lipinski definition) is 2. The SMILES string of the molecule is CC1(C)CC(C(=O)O)(C2(O)CCCN(C(=O)OC(C)(C)C)C2)C1. The monoisotopic (exact) mass is 327 g/mol. The molecule has 1 atom stereocenters. The van der Waals surface area contributed by atoms with Gasteiger partial charge in [-0.15, -0.1) is 0 Å². The molecule has 1 aliphatic heterocycles. The molecule has 0 aromatic carbocycles. The van der Waals surface area contributed by atoms with Crippen molar-refractivity contribution in [2.45, 2.75) is 71.5 Å². The van der Waals surface area contributed by atoms with Gasteiger partial charge in [0.15, 0.2) is 0 Å². The van der Waals surface area contributed by atoms with Crippen molar-refractivity contribution < 1.29 is 24.5 Å². The van der Waals surface area contributed by atoms with E-state index in [2.05, 4.69) is 0 Å². The van der Waals surface area contributed by atoms with Crippen LogP contribution in [0.2, 0.25) is 0 Å². The molecule has 0 bridgehead atoms. The number of piperidine rings is 1. The third-order valence-electron chi connectivity index (χ3n) is 4.98. The van der Waals surface area contributed by atoms with Crippen LogP contribution in [0.5, 0.6) is 0 Å². The van der Waals surface area contributed by atoms with Crippen LogP contribution in [-0.2, 0) is 9.53 Å². The third kappa shape index (κ3) is 3.32. The van der Waals surface area contributed by atoms with Gasteiger partial charge in [0.25, 0.3) is 0 Å². The Bertz CT molecular complexity index is 500. The number of β-amino-alcohol motifs (C(OH)–C–C–N with tert-alkyl or cyclic N) is 1. The molecule has 2 N–H and O–H groups in total. The van der Waals surface area contributed by atoms with Crippen molar-refractivity contribution in [1.82, 2.24) is 4.90 Å². The number of ether oxygens (including phenoxy) is 1. The summed E-state index contributed by atoms with van der Waals surface area (Å²) in [5, 5.41) is 20.9. The highest BCUT2D eigenvalue weighted by Crippen LogP contribution is 2.61. The van der Waals surface area contributed by atoms with E-state index in [1.807, 2.05) is 13.8 Å². The molecule has 1 saturated carbocycles. The second-order valence-electron chi connectivity index (χ2n) is 8.94. The standard InChI is InChI=1S/C17H29NO5/c1-14(2,3)23-13(21)18-8-6-7-17(22,11-18)16(12(19)20)9-15(4,5)10-16/h22H,6-11H2,1-5H3,(H,19,20). The van der Waals surface area contributed by atoms with E-state index in [-0.39, 0.29) is 12.0 Å². The van der Waals surface area contributed by atoms with Crippen molar-refractivity contribution in [1.29, 1.82) is 0 Å². The first-order valence-electron chi connectivity index (χ1n) is 8.24. The number of carbonyl (C=O) groups excluding carboxylic acids is 1. The largest absolute Gasteiger partial charge is 0.481 e. The van der Waals surface area contributed by atoms with Gasteiger partial charge in [0.2, 0.25) is 0 Å². The number of aliphatic hydroxyl groups is 1. The minimum absolute atomic E-state index is 0.0181. The lowest BCUT2D eigenvalue weighted by Crippen LogP contribution is -2.68. The second kappa shape index (κ2) is 5.36. The summed E-state index contributed by atoms with van der Waals surface area (Å²) in [6.45, 7) is 9.87. The molecular weight excluding hydrogens is 298 g/mol. The number of carboxylic acids is 1. The number of likely N-dealkylation sites (tertiary alicyclic amines) is 1. The van der Waals surface area contributed by atoms with E-state index >= 15 is 0 Å². The van der Waals surface area contributed by atoms with Crippen molar-refractivity contribution in [3.05, 3.63) is 0 Å². The van der Waals surface area contributed by atoms with Crippen LogP contribution in [-0.4, -0.2) is 51.5 Å². The Morgan fingerprint density at radius 1 is 1.17 bits per heavy atom. The van der Waals surface area contributed by atoms with Crippen LogP contribution in [0.3, 0.4) is 0 Å². The van der Waals surface area contributed by atoms with Gasteiger partial charge in [-0.25, -0.2) is 4.79 Å². The summed E-state index contributed by atoms with van der Waals surface area (Å²) >= 11 is 0. The molecule has 2 aliphatic rings. The summed E-state index contributed by atoms with van der Waals surface area (Å²) in [5.41, 5.74) is -3.28. The van der Waals surface area contributed by atoms with Crippen LogP contribution in [0.25, 0.3) is 0 Å². The fraction of sp³-hybridized carbons (Fsp3) is 0.882. The summed E-state index contributed by atoms with van der Waals surface area (Å²) in [6.07, 6.45) is 1.33. The van der Waals surface area contributed by atoms with Crippen LogP contribution < -0.4 is 0 Å². The van der Waals surface area contributed by atoms with Gasteiger partial charge >= 0.3 is 12.1 Å². The zero-order valence-corrected chi connectivity index (χ0v) is 14.8. The molecule has 1 aliphatic carbocycles. The molecule has 0 aromatic rings. The molecule has 2 fully saturated rings. The van der Waals surface area contributed by atoms with Crippen LogP contribution in [0.15, 0.2) is 0 Å². The summed E-state index contributed by atoms with van der Waals surface area (Å²) in [6, 6.07) is 0. The van der Waals surface area contributed by atoms with Crippen LogP contribution >= 0.6 is 0 Å². The van der Waals surface area contributed by atoms with E-state index in [9.17, 15) is 19.8 Å². The van der Waals surface area contributed by atoms with Gasteiger partial charge in [-0.3, -0.25) is 4.79 Å². The Morgan fingerprint density at radius 2 is 1.74 bits per heavy atom. The van der Waals surface area contributed by atoms with Gasteiger partial charge in [-0.2, -0.15) is 0 Å². The Hall–Kier alpha value is -1.30. The highest BCUT2D eigenvalue weighted by molar-refractivity contribution is 5.78. The first-order chi connectivity index (χ1) is 10.3. The zero-order valence-electron chi connectivity index (χ0n) is 14.8. The zero-order chi connectivity index (χ0) is 17.7. The molecule has 0 spiro atoms. The maximum atomic E-state index is 12.3. The number of aliphatic carboxylic acids is 1. The second-order valence-corrected chi connectivity index (χ2v) is 8.94. The lowest BCUT2D eigenvalue weighted by atomic mass is 9.47. The van der Waals surface area contributed by atoms with Gasteiger partial charge in [0.05, 0.1) is 17.6 Å². The molecule has 6 nitrogen and oxygen atoms in total. The molecular formula is C17H29NO5. The third-order valence-corrected chi connectivity index (χ3v) is 4.98. The van der Waals surface area contributed by atoms with E-state index in [0.29, 0.717) is 32.2 Å². The average molecular weight is 327 g/mol. The quantitative estimate of drug-likeness (QED) is 0.814. The molecule has 132 valence electrons. The first kappa shape index (κ1) is 18.0. The number of rotatable bonds is 2. The summed E-state index contributed by atoms with van der Waals surface area (Å²) in [5.74, 6) is -0.967. The molecule has 1 heterocycles. The average Bonchev–Trinajstić information content (AvgIpc) is 2.33. The van der Waals surface area contributed by atoms with E-state index in [1.165, 1.54) is 4.90 Å². The van der Waals surface area contributed by atoms with Crippen molar-refractivity contribution in [2.24, 2.45) is 10.8 Å². The summed E-state index contributed by atoms with van der Waals surface area (Å²) in [4.78, 5) is 25.6. The molecule has 1 amide bonds. The lowest BCUT2D eigenvalue weighted by molar-refractivity contribution is -0.216. The normalized spacial score (nSPS) is 29.6. The topological polar surface area (TPSA) is 87.1 Å². The molecule has 0 radical (unpaired) electrons. The van der Waals surface area contributed by atoms with Crippen molar-refractivity contribution in [3.8, 4) is 0 Å². The molecule has 1 saturated heterocycles. The first-order valence-corrected chi connectivity index (χ1v) is 8.24. The maximum absolute atomic E-state index is 12.3. The number of carboxylic acid groups (broad SMARTS) is 1. The smallest absolute Gasteiger partial charge is 0.410 e. The van der Waals surface area contributed by atoms with Gasteiger partial charge in [-0.1, -0.05) is 13.8 Å². The Balaban J connectivity index is 2.18. The molecule has 6 heteroatoms. The van der Waals surface area contributed by atoms with Gasteiger partial charge in [0, 0.05) is 6.54 Å². The Morgan fingerprint density at radius 3 is 2.17 bits per heavy atom. The number of carbonyl (C=O) groups is 2. The predicted molar refractivity (Wildman–Crippen MR) is 85.1 cm³/mol. The van der Waals surface area contributed by atoms with Crippen molar-refractivity contribution in [2.75, 3.05) is 13.1 Å². The fourth-order valence-corrected chi connectivity index (χ4v) is 4.17. The highest BCUT2D eigenvalue weighted by Gasteiger charge is 2.66. The molecule has 23 heavy (non-hydrogen) atoms. The van der Waals surface area contributed by atoms with Gasteiger partial charge in [0.1, 0.15) is 5.60 Å². The van der Waals surface area contributed by atoms with E-state index in [4.69, 9.17) is 4.74 Å². The number of amides is 1. The van der Waals surface area contributed by atoms with E-state index in [0.717, 1.165) is 0 Å². The predicted octanol–water partition coefficient (Wildman–Crippen LogP) is 2.64. The summed E-state index contributed by atoms with van der Waals surface area (Å²) in [7, 11) is 0. The Labute approximate surface area is 137 Å². The van der Waals surface area contributed by atoms with Crippen molar-refractivity contribution >= 4 is 12.1 Å². The van der Waals surface area contributed by atoms with E-state index < -0.39 is 28.7 Å². The fourth-order valence-electron chi connectivity index (χ4n) is 4.17. The number of nitrogens with zero attached hydrogens (tertiary/aromatic N) is 1. The maximum Gasteiger partial charge on any atom is 0.410 e. The minimum atomic E-state index is -1.40. The van der Waals surface area contributed by atoms with Gasteiger partial charge in [-0.05, 0) is 51.9 Å². The highest BCUT2D eigenvalue weighted by atomic mass is 16.6. The number of hydrogen-bond acceptors (Lipinski definition) is 4. The van der Waals surface area contributed by atoms with Gasteiger partial charge < -0.3 is 19.8 Å². The molecule has 0 aromatic heterocycles.